The zero-order chi connectivity index (χ0) is 9.10. The van der Waals surface area contributed by atoms with Gasteiger partial charge in [-0.2, -0.15) is 5.10 Å². The predicted octanol–water partition coefficient (Wildman–Crippen LogP) is 0.155. The molecular weight excluding hydrogens is 168 g/mol. The van der Waals surface area contributed by atoms with Crippen LogP contribution in [0.15, 0.2) is 31.1 Å². The maximum absolute atomic E-state index is 9.02. The van der Waals surface area contributed by atoms with Crippen LogP contribution in [-0.2, 0) is 6.61 Å². The van der Waals surface area contributed by atoms with E-state index in [0.29, 0.717) is 0 Å². The lowest BCUT2D eigenvalue weighted by Crippen LogP contribution is -2.00. The van der Waals surface area contributed by atoms with Gasteiger partial charge in [0.05, 0.1) is 12.3 Å². The summed E-state index contributed by atoms with van der Waals surface area (Å²) in [5.74, 6) is 0. The maximum atomic E-state index is 9.02. The van der Waals surface area contributed by atoms with E-state index in [2.05, 4.69) is 15.1 Å². The minimum Gasteiger partial charge on any atom is -0.392 e. The van der Waals surface area contributed by atoms with Gasteiger partial charge in [0, 0.05) is 18.0 Å². The van der Waals surface area contributed by atoms with E-state index in [9.17, 15) is 0 Å². The lowest BCUT2D eigenvalue weighted by molar-refractivity contribution is 0.281. The molecule has 0 amide bonds. The van der Waals surface area contributed by atoms with Crippen LogP contribution < -0.4 is 0 Å². The number of aromatic nitrogens is 4. The third kappa shape index (κ3) is 1.41. The number of aliphatic hydroxyl groups is 1. The molecule has 0 saturated heterocycles. The van der Waals surface area contributed by atoms with Gasteiger partial charge in [0.15, 0.2) is 0 Å². The Hall–Kier alpha value is -1.75. The molecule has 1 N–H and O–H groups in total. The number of nitrogens with zero attached hydrogens (tertiary/aromatic N) is 4. The summed E-state index contributed by atoms with van der Waals surface area (Å²) in [5.41, 5.74) is 1.53. The lowest BCUT2D eigenvalue weighted by atomic mass is 10.2. The van der Waals surface area contributed by atoms with Crippen LogP contribution in [0.25, 0.3) is 5.69 Å². The van der Waals surface area contributed by atoms with Crippen LogP contribution in [0.4, 0.5) is 0 Å². The molecule has 0 fully saturated rings. The Balaban J connectivity index is 2.51. The van der Waals surface area contributed by atoms with Crippen molar-refractivity contribution in [2.75, 3.05) is 0 Å². The normalized spacial score (nSPS) is 10.2. The number of aliphatic hydroxyl groups excluding tert-OH is 1. The molecule has 0 atom stereocenters. The fourth-order valence-corrected chi connectivity index (χ4v) is 1.10. The van der Waals surface area contributed by atoms with Crippen molar-refractivity contribution in [3.63, 3.8) is 0 Å². The Morgan fingerprint density at radius 3 is 3.00 bits per heavy atom. The van der Waals surface area contributed by atoms with Crippen LogP contribution in [0.2, 0.25) is 0 Å². The Kier molecular flexibility index (Phi) is 2.01. The minimum atomic E-state index is -0.0525. The van der Waals surface area contributed by atoms with Gasteiger partial charge in [-0.1, -0.05) is 0 Å². The van der Waals surface area contributed by atoms with Gasteiger partial charge in [-0.15, -0.1) is 0 Å². The number of hydrogen-bond donors (Lipinski definition) is 1. The fraction of sp³-hybridized carbons (Fsp3) is 0.125. The number of hydrogen-bond acceptors (Lipinski definition) is 4. The third-order valence-electron chi connectivity index (χ3n) is 1.71. The quantitative estimate of drug-likeness (QED) is 0.707. The smallest absolute Gasteiger partial charge is 0.138 e. The van der Waals surface area contributed by atoms with Gasteiger partial charge in [0.2, 0.25) is 0 Å². The standard InChI is InChI=1S/C8H8N4O/c13-4-7-3-9-2-1-8(7)12-6-10-5-11-12/h1-3,5-6,13H,4H2. The van der Waals surface area contributed by atoms with Gasteiger partial charge in [0.1, 0.15) is 12.7 Å². The van der Waals surface area contributed by atoms with Gasteiger partial charge >= 0.3 is 0 Å². The van der Waals surface area contributed by atoms with Crippen LogP contribution in [0.3, 0.4) is 0 Å². The summed E-state index contributed by atoms with van der Waals surface area (Å²) in [6.45, 7) is -0.0525. The third-order valence-corrected chi connectivity index (χ3v) is 1.71. The largest absolute Gasteiger partial charge is 0.392 e. The summed E-state index contributed by atoms with van der Waals surface area (Å²) in [7, 11) is 0. The second-order valence-electron chi connectivity index (χ2n) is 2.50. The van der Waals surface area contributed by atoms with Crippen molar-refractivity contribution in [3.8, 4) is 5.69 Å². The van der Waals surface area contributed by atoms with Crippen LogP contribution in [0.5, 0.6) is 0 Å². The molecule has 2 rings (SSSR count). The molecule has 0 radical (unpaired) electrons. The van der Waals surface area contributed by atoms with E-state index < -0.39 is 0 Å². The molecule has 2 aromatic rings. The van der Waals surface area contributed by atoms with Gasteiger partial charge in [-0.3, -0.25) is 4.98 Å². The van der Waals surface area contributed by atoms with E-state index >= 15 is 0 Å². The molecule has 0 saturated carbocycles. The molecular formula is C8H8N4O. The molecule has 5 nitrogen and oxygen atoms in total. The Morgan fingerprint density at radius 1 is 1.38 bits per heavy atom. The Labute approximate surface area is 74.7 Å². The van der Waals surface area contributed by atoms with E-state index in [1.807, 2.05) is 0 Å². The summed E-state index contributed by atoms with van der Waals surface area (Å²) in [6, 6.07) is 1.78. The zero-order valence-corrected chi connectivity index (χ0v) is 6.83. The van der Waals surface area contributed by atoms with Crippen molar-refractivity contribution >= 4 is 0 Å². The molecule has 0 aliphatic carbocycles. The topological polar surface area (TPSA) is 63.8 Å². The average molecular weight is 176 g/mol. The first-order chi connectivity index (χ1) is 6.42. The fourth-order valence-electron chi connectivity index (χ4n) is 1.10. The highest BCUT2D eigenvalue weighted by atomic mass is 16.3. The van der Waals surface area contributed by atoms with Gasteiger partial charge < -0.3 is 5.11 Å². The van der Waals surface area contributed by atoms with Crippen molar-refractivity contribution in [3.05, 3.63) is 36.7 Å². The van der Waals surface area contributed by atoms with Crippen LogP contribution in [0.1, 0.15) is 5.56 Å². The highest BCUT2D eigenvalue weighted by molar-refractivity contribution is 5.36. The van der Waals surface area contributed by atoms with Crippen molar-refractivity contribution in [1.29, 1.82) is 0 Å². The average Bonchev–Trinajstić information content (AvgIpc) is 2.70. The van der Waals surface area contributed by atoms with Gasteiger partial charge in [0.25, 0.3) is 0 Å². The van der Waals surface area contributed by atoms with E-state index in [-0.39, 0.29) is 6.61 Å². The van der Waals surface area contributed by atoms with Crippen LogP contribution >= 0.6 is 0 Å². The Bertz CT molecular complexity index is 385. The summed E-state index contributed by atoms with van der Waals surface area (Å²) in [5, 5.41) is 13.0. The molecule has 0 unspecified atom stereocenters. The second-order valence-corrected chi connectivity index (χ2v) is 2.50. The number of rotatable bonds is 2. The van der Waals surface area contributed by atoms with E-state index in [0.717, 1.165) is 11.3 Å². The molecule has 0 aliphatic rings. The molecule has 66 valence electrons. The molecule has 5 heteroatoms. The monoisotopic (exact) mass is 176 g/mol. The van der Waals surface area contributed by atoms with E-state index in [1.165, 1.54) is 6.33 Å². The van der Waals surface area contributed by atoms with Crippen molar-refractivity contribution < 1.29 is 5.11 Å². The molecule has 0 spiro atoms. The molecule has 0 aliphatic heterocycles. The summed E-state index contributed by atoms with van der Waals surface area (Å²) >= 11 is 0. The molecule has 13 heavy (non-hydrogen) atoms. The summed E-state index contributed by atoms with van der Waals surface area (Å²) in [4.78, 5) is 7.73. The summed E-state index contributed by atoms with van der Waals surface area (Å²) < 4.78 is 1.59. The highest BCUT2D eigenvalue weighted by Gasteiger charge is 2.02. The first-order valence-corrected chi connectivity index (χ1v) is 3.80. The van der Waals surface area contributed by atoms with Gasteiger partial charge in [-0.05, 0) is 6.07 Å². The lowest BCUT2D eigenvalue weighted by Gasteiger charge is -2.04. The highest BCUT2D eigenvalue weighted by Crippen LogP contribution is 2.10. The van der Waals surface area contributed by atoms with Crippen molar-refractivity contribution in [2.24, 2.45) is 0 Å². The Morgan fingerprint density at radius 2 is 2.31 bits per heavy atom. The molecule has 0 bridgehead atoms. The number of pyridine rings is 1. The van der Waals surface area contributed by atoms with Crippen molar-refractivity contribution in [1.82, 2.24) is 19.7 Å². The summed E-state index contributed by atoms with van der Waals surface area (Å²) in [6.07, 6.45) is 6.28. The second kappa shape index (κ2) is 3.32. The molecule has 2 heterocycles. The molecule has 2 aromatic heterocycles. The predicted molar refractivity (Wildman–Crippen MR) is 45.1 cm³/mol. The SMILES string of the molecule is OCc1cnccc1-n1cncn1. The van der Waals surface area contributed by atoms with E-state index in [1.54, 1.807) is 29.5 Å². The van der Waals surface area contributed by atoms with Gasteiger partial charge in [-0.25, -0.2) is 9.67 Å². The van der Waals surface area contributed by atoms with Crippen LogP contribution in [0, 0.1) is 0 Å². The zero-order valence-electron chi connectivity index (χ0n) is 6.83. The minimum absolute atomic E-state index is 0.0525. The first-order valence-electron chi connectivity index (χ1n) is 3.80. The van der Waals surface area contributed by atoms with Crippen molar-refractivity contribution in [2.45, 2.75) is 6.61 Å². The molecule has 0 aromatic carbocycles. The van der Waals surface area contributed by atoms with Crippen LogP contribution in [-0.4, -0.2) is 24.9 Å². The van der Waals surface area contributed by atoms with E-state index in [4.69, 9.17) is 5.11 Å². The maximum Gasteiger partial charge on any atom is 0.138 e. The first kappa shape index (κ1) is 7.88.